The van der Waals surface area contributed by atoms with E-state index in [1.165, 1.54) is 12.1 Å². The number of nitro benzene ring substituents is 1. The van der Waals surface area contributed by atoms with Crippen LogP contribution in [0.3, 0.4) is 0 Å². The summed E-state index contributed by atoms with van der Waals surface area (Å²) in [6, 6.07) is 14.5. The minimum atomic E-state index is -0.739. The van der Waals surface area contributed by atoms with Crippen molar-refractivity contribution < 1.29 is 14.5 Å². The van der Waals surface area contributed by atoms with Gasteiger partial charge in [0, 0.05) is 18.7 Å². The van der Waals surface area contributed by atoms with Gasteiger partial charge in [0.25, 0.3) is 11.6 Å². The monoisotopic (exact) mass is 325 g/mol. The topological polar surface area (TPSA) is 105 Å². The van der Waals surface area contributed by atoms with Crippen molar-refractivity contribution in [3.63, 3.8) is 0 Å². The molecule has 2 aromatic carbocycles. The number of non-ortho nitro benzene ring substituents is 1. The van der Waals surface area contributed by atoms with Crippen molar-refractivity contribution in [1.82, 2.24) is 5.32 Å². The fraction of sp³-hybridized carbons (Fsp3) is 0.176. The summed E-state index contributed by atoms with van der Waals surface area (Å²) in [6.07, 6.45) is -0.739. The second-order valence-electron chi connectivity index (χ2n) is 5.04. The number of benzene rings is 2. The third-order valence-corrected chi connectivity index (χ3v) is 3.25. The lowest BCUT2D eigenvalue weighted by molar-refractivity contribution is -0.384. The molecule has 0 spiro atoms. The highest BCUT2D eigenvalue weighted by Gasteiger charge is 2.15. The summed E-state index contributed by atoms with van der Waals surface area (Å²) in [5.74, 6) is 0.137. The molecule has 1 N–H and O–H groups in total. The third kappa shape index (κ3) is 4.55. The second-order valence-corrected chi connectivity index (χ2v) is 5.04. The van der Waals surface area contributed by atoms with Crippen molar-refractivity contribution in [3.05, 3.63) is 69.8 Å². The molecule has 1 amide bonds. The fourth-order valence-corrected chi connectivity index (χ4v) is 1.98. The van der Waals surface area contributed by atoms with Gasteiger partial charge in [0.05, 0.1) is 16.6 Å². The van der Waals surface area contributed by atoms with E-state index in [-0.39, 0.29) is 18.1 Å². The van der Waals surface area contributed by atoms with Gasteiger partial charge in [0.1, 0.15) is 5.75 Å². The first-order valence-electron chi connectivity index (χ1n) is 7.17. The van der Waals surface area contributed by atoms with Gasteiger partial charge in [0.15, 0.2) is 6.10 Å². The molecular formula is C17H15N3O4. The molecule has 0 radical (unpaired) electrons. The number of hydrogen-bond acceptors (Lipinski definition) is 5. The number of rotatable bonds is 6. The Labute approximate surface area is 138 Å². The summed E-state index contributed by atoms with van der Waals surface area (Å²) < 4.78 is 5.50. The number of hydrogen-bond donors (Lipinski definition) is 1. The summed E-state index contributed by atoms with van der Waals surface area (Å²) >= 11 is 0. The summed E-state index contributed by atoms with van der Waals surface area (Å²) in [7, 11) is 0. The molecule has 0 aliphatic heterocycles. The first kappa shape index (κ1) is 17.0. The predicted octanol–water partition coefficient (Wildman–Crippen LogP) is 2.55. The van der Waals surface area contributed by atoms with Crippen molar-refractivity contribution in [2.45, 2.75) is 19.6 Å². The second kappa shape index (κ2) is 7.74. The average molecular weight is 325 g/mol. The zero-order valence-corrected chi connectivity index (χ0v) is 12.9. The highest BCUT2D eigenvalue weighted by molar-refractivity contribution is 5.80. The van der Waals surface area contributed by atoms with Crippen LogP contribution in [0.1, 0.15) is 18.1 Å². The lowest BCUT2D eigenvalue weighted by Crippen LogP contribution is -2.35. The molecule has 7 nitrogen and oxygen atoms in total. The smallest absolute Gasteiger partial charge is 0.269 e. The van der Waals surface area contributed by atoms with Crippen LogP contribution in [-0.4, -0.2) is 16.9 Å². The number of carbonyl (C=O) groups excluding carboxylic acids is 1. The normalized spacial score (nSPS) is 11.2. The standard InChI is InChI=1S/C17H15N3O4/c1-12(24-16-7-5-13(10-18)6-8-16)17(21)19-11-14-3-2-4-15(9-14)20(22)23/h2-9,12H,11H2,1H3,(H,19,21). The quantitative estimate of drug-likeness (QED) is 0.649. The van der Waals surface area contributed by atoms with Gasteiger partial charge in [-0.15, -0.1) is 0 Å². The van der Waals surface area contributed by atoms with Gasteiger partial charge < -0.3 is 10.1 Å². The van der Waals surface area contributed by atoms with E-state index in [4.69, 9.17) is 10.00 Å². The van der Waals surface area contributed by atoms with E-state index in [0.717, 1.165) is 0 Å². The molecule has 0 heterocycles. The van der Waals surface area contributed by atoms with Crippen LogP contribution in [0.25, 0.3) is 0 Å². The molecule has 7 heteroatoms. The van der Waals surface area contributed by atoms with Crippen LogP contribution >= 0.6 is 0 Å². The van der Waals surface area contributed by atoms with Crippen LogP contribution in [0.15, 0.2) is 48.5 Å². The summed E-state index contributed by atoms with van der Waals surface area (Å²) in [5.41, 5.74) is 1.11. The van der Waals surface area contributed by atoms with Crippen molar-refractivity contribution >= 4 is 11.6 Å². The summed E-state index contributed by atoms with van der Waals surface area (Å²) in [4.78, 5) is 22.3. The zero-order chi connectivity index (χ0) is 17.5. The highest BCUT2D eigenvalue weighted by atomic mass is 16.6. The summed E-state index contributed by atoms with van der Waals surface area (Å²) in [6.45, 7) is 1.77. The van der Waals surface area contributed by atoms with Crippen molar-refractivity contribution in [2.75, 3.05) is 0 Å². The molecule has 0 aromatic heterocycles. The Morgan fingerprint density at radius 1 is 1.33 bits per heavy atom. The Hall–Kier alpha value is -3.40. The Kier molecular flexibility index (Phi) is 5.47. The maximum absolute atomic E-state index is 12.0. The first-order valence-corrected chi connectivity index (χ1v) is 7.17. The Bertz CT molecular complexity index is 781. The molecule has 2 rings (SSSR count). The van der Waals surface area contributed by atoms with Crippen molar-refractivity contribution in [3.8, 4) is 11.8 Å². The number of nitro groups is 1. The number of amides is 1. The lowest BCUT2D eigenvalue weighted by atomic mass is 10.2. The molecule has 1 unspecified atom stereocenters. The average Bonchev–Trinajstić information content (AvgIpc) is 2.60. The Balaban J connectivity index is 1.90. The third-order valence-electron chi connectivity index (χ3n) is 3.25. The highest BCUT2D eigenvalue weighted by Crippen LogP contribution is 2.14. The molecule has 0 saturated heterocycles. The van der Waals surface area contributed by atoms with Crippen molar-refractivity contribution in [1.29, 1.82) is 5.26 Å². The zero-order valence-electron chi connectivity index (χ0n) is 12.9. The van der Waals surface area contributed by atoms with E-state index in [1.807, 2.05) is 6.07 Å². The van der Waals surface area contributed by atoms with Gasteiger partial charge in [-0.2, -0.15) is 5.26 Å². The number of ether oxygens (including phenoxy) is 1. The molecule has 2 aromatic rings. The Morgan fingerprint density at radius 2 is 2.04 bits per heavy atom. The van der Waals surface area contributed by atoms with Gasteiger partial charge in [0.2, 0.25) is 0 Å². The Morgan fingerprint density at radius 3 is 2.67 bits per heavy atom. The van der Waals surface area contributed by atoms with E-state index in [2.05, 4.69) is 5.32 Å². The number of carbonyl (C=O) groups is 1. The van der Waals surface area contributed by atoms with E-state index in [1.54, 1.807) is 43.3 Å². The molecule has 24 heavy (non-hydrogen) atoms. The van der Waals surface area contributed by atoms with Gasteiger partial charge >= 0.3 is 0 Å². The van der Waals surface area contributed by atoms with Gasteiger partial charge in [-0.25, -0.2) is 0 Å². The van der Waals surface area contributed by atoms with Gasteiger partial charge in [-0.3, -0.25) is 14.9 Å². The molecular weight excluding hydrogens is 310 g/mol. The molecule has 0 fully saturated rings. The lowest BCUT2D eigenvalue weighted by Gasteiger charge is -2.14. The molecule has 0 aliphatic rings. The SMILES string of the molecule is CC(Oc1ccc(C#N)cc1)C(=O)NCc1cccc([N+](=O)[O-])c1. The van der Waals surface area contributed by atoms with Gasteiger partial charge in [-0.05, 0) is 36.8 Å². The predicted molar refractivity (Wildman–Crippen MR) is 86.2 cm³/mol. The molecule has 0 bridgehead atoms. The van der Waals surface area contributed by atoms with Crippen LogP contribution in [0.4, 0.5) is 5.69 Å². The van der Waals surface area contributed by atoms with Crippen LogP contribution in [-0.2, 0) is 11.3 Å². The van der Waals surface area contributed by atoms with E-state index in [0.29, 0.717) is 16.9 Å². The summed E-state index contributed by atoms with van der Waals surface area (Å²) in [5, 5.41) is 22.1. The molecule has 0 aliphatic carbocycles. The van der Waals surface area contributed by atoms with Crippen LogP contribution < -0.4 is 10.1 Å². The fourth-order valence-electron chi connectivity index (χ4n) is 1.98. The minimum Gasteiger partial charge on any atom is -0.481 e. The molecule has 1 atom stereocenters. The first-order chi connectivity index (χ1) is 11.5. The molecule has 122 valence electrons. The number of nitrogens with zero attached hydrogens (tertiary/aromatic N) is 2. The minimum absolute atomic E-state index is 0.0244. The number of nitrogens with one attached hydrogen (secondary N) is 1. The van der Waals surface area contributed by atoms with Crippen LogP contribution in [0.5, 0.6) is 5.75 Å². The van der Waals surface area contributed by atoms with E-state index >= 15 is 0 Å². The molecule has 0 saturated carbocycles. The largest absolute Gasteiger partial charge is 0.481 e. The maximum Gasteiger partial charge on any atom is 0.269 e. The van der Waals surface area contributed by atoms with Crippen LogP contribution in [0, 0.1) is 21.4 Å². The van der Waals surface area contributed by atoms with E-state index < -0.39 is 11.0 Å². The number of nitriles is 1. The van der Waals surface area contributed by atoms with Crippen LogP contribution in [0.2, 0.25) is 0 Å². The van der Waals surface area contributed by atoms with E-state index in [9.17, 15) is 14.9 Å². The van der Waals surface area contributed by atoms with Crippen molar-refractivity contribution in [2.24, 2.45) is 0 Å². The maximum atomic E-state index is 12.0. The van der Waals surface area contributed by atoms with Gasteiger partial charge in [-0.1, -0.05) is 12.1 Å².